The number of ether oxygens (including phenoxy) is 1. The molecule has 1 N–H and O–H groups in total. The van der Waals surface area contributed by atoms with Gasteiger partial charge in [-0.05, 0) is 71.0 Å². The summed E-state index contributed by atoms with van der Waals surface area (Å²) in [5, 5.41) is 7.19. The number of rotatable bonds is 6. The molecule has 0 amide bonds. The molecule has 4 aromatic carbocycles. The van der Waals surface area contributed by atoms with Crippen LogP contribution in [-0.4, -0.2) is 17.4 Å². The van der Waals surface area contributed by atoms with E-state index >= 15 is 0 Å². The number of nitrogens with zero attached hydrogens (tertiary/aromatic N) is 1. The van der Waals surface area contributed by atoms with Gasteiger partial charge in [-0.25, -0.2) is 0 Å². The van der Waals surface area contributed by atoms with Crippen molar-refractivity contribution in [1.82, 2.24) is 4.98 Å². The third-order valence-corrected chi connectivity index (χ3v) is 8.36. The van der Waals surface area contributed by atoms with Crippen LogP contribution in [0.15, 0.2) is 103 Å². The van der Waals surface area contributed by atoms with Crippen LogP contribution in [0, 0.1) is 0 Å². The monoisotopic (exact) mass is 524 g/mol. The minimum Gasteiger partial charge on any atom is -0.494 e. The number of Topliss-reactive ketones (excluding diaryl/α,β-unsaturated/α-hetero) is 1. The van der Waals surface area contributed by atoms with E-state index in [1.54, 1.807) is 0 Å². The van der Waals surface area contributed by atoms with Gasteiger partial charge in [0, 0.05) is 28.6 Å². The molecule has 0 fully saturated rings. The van der Waals surface area contributed by atoms with Gasteiger partial charge >= 0.3 is 0 Å². The van der Waals surface area contributed by atoms with Gasteiger partial charge in [-0.3, -0.25) is 9.78 Å². The molecule has 4 heteroatoms. The molecule has 0 saturated carbocycles. The number of nitrogens with one attached hydrogen (secondary N) is 1. The van der Waals surface area contributed by atoms with Gasteiger partial charge in [0.2, 0.25) is 0 Å². The Kier molecular flexibility index (Phi) is 6.31. The molecule has 0 bridgehead atoms. The lowest BCUT2D eigenvalue weighted by Gasteiger charge is -2.37. The number of carbonyl (C=O) groups is 1. The fourth-order valence-electron chi connectivity index (χ4n) is 6.32. The quantitative estimate of drug-likeness (QED) is 0.226. The van der Waals surface area contributed by atoms with Crippen LogP contribution >= 0.6 is 0 Å². The normalized spacial score (nSPS) is 18.4. The van der Waals surface area contributed by atoms with Crippen LogP contribution in [0.5, 0.6) is 5.75 Å². The number of allylic oxidation sites excluding steroid dienone is 1. The van der Waals surface area contributed by atoms with Crippen molar-refractivity contribution in [2.75, 3.05) is 11.9 Å². The van der Waals surface area contributed by atoms with Crippen molar-refractivity contribution in [1.29, 1.82) is 0 Å². The van der Waals surface area contributed by atoms with E-state index in [4.69, 9.17) is 9.72 Å². The molecule has 2 atom stereocenters. The highest BCUT2D eigenvalue weighted by molar-refractivity contribution is 6.13. The third kappa shape index (κ3) is 4.34. The molecule has 0 spiro atoms. The average Bonchev–Trinajstić information content (AvgIpc) is 3.00. The fourth-order valence-corrected chi connectivity index (χ4v) is 6.32. The van der Waals surface area contributed by atoms with Gasteiger partial charge in [0.25, 0.3) is 0 Å². The molecule has 198 valence electrons. The maximum absolute atomic E-state index is 14.1. The standard InChI is InChI=1S/C36H32N2O2/c1-2-3-20-40-27-16-12-23(13-17-27)26-21-29-34-28-10-6-4-8-24(28)14-18-31(34)38-36(35(29)33(39)22-26)32-19-15-25-9-5-7-11-30(25)37-32/h4-19,26,36,38H,2-3,20-22H2,1H3/t26-,36+/m1/s1. The van der Waals surface area contributed by atoms with Gasteiger partial charge in [0.05, 0.1) is 23.9 Å². The molecule has 7 rings (SSSR count). The molecule has 2 aliphatic rings. The van der Waals surface area contributed by atoms with Gasteiger partial charge in [0.1, 0.15) is 5.75 Å². The van der Waals surface area contributed by atoms with Gasteiger partial charge in [0.15, 0.2) is 5.78 Å². The molecule has 4 nitrogen and oxygen atoms in total. The minimum atomic E-state index is -0.281. The lowest BCUT2D eigenvalue weighted by molar-refractivity contribution is -0.116. The molecule has 1 aromatic heterocycles. The van der Waals surface area contributed by atoms with E-state index < -0.39 is 0 Å². The van der Waals surface area contributed by atoms with Crippen molar-refractivity contribution < 1.29 is 9.53 Å². The van der Waals surface area contributed by atoms with Crippen LogP contribution in [0.3, 0.4) is 0 Å². The number of aromatic nitrogens is 1. The van der Waals surface area contributed by atoms with Crippen LogP contribution in [0.2, 0.25) is 0 Å². The molecule has 5 aromatic rings. The Morgan fingerprint density at radius 1 is 0.850 bits per heavy atom. The second-order valence-corrected chi connectivity index (χ2v) is 10.9. The number of ketones is 1. The number of carbonyl (C=O) groups excluding carboxylic acids is 1. The van der Waals surface area contributed by atoms with Crippen LogP contribution in [-0.2, 0) is 4.79 Å². The molecule has 0 saturated heterocycles. The van der Waals surface area contributed by atoms with Gasteiger partial charge in [-0.1, -0.05) is 80.1 Å². The number of fused-ring (bicyclic) bond motifs is 5. The van der Waals surface area contributed by atoms with E-state index in [2.05, 4.69) is 79.0 Å². The predicted octanol–water partition coefficient (Wildman–Crippen LogP) is 8.63. The zero-order valence-corrected chi connectivity index (χ0v) is 22.7. The lowest BCUT2D eigenvalue weighted by atomic mass is 9.72. The summed E-state index contributed by atoms with van der Waals surface area (Å²) in [4.78, 5) is 19.1. The first-order valence-electron chi connectivity index (χ1n) is 14.3. The van der Waals surface area contributed by atoms with Crippen molar-refractivity contribution in [2.24, 2.45) is 0 Å². The van der Waals surface area contributed by atoms with Crippen molar-refractivity contribution in [3.63, 3.8) is 0 Å². The van der Waals surface area contributed by atoms with E-state index in [1.165, 1.54) is 16.3 Å². The van der Waals surface area contributed by atoms with Crippen molar-refractivity contribution >= 4 is 38.7 Å². The molecule has 40 heavy (non-hydrogen) atoms. The first-order valence-corrected chi connectivity index (χ1v) is 14.3. The second-order valence-electron chi connectivity index (χ2n) is 10.9. The Morgan fingerprint density at radius 2 is 1.62 bits per heavy atom. The van der Waals surface area contributed by atoms with E-state index in [0.29, 0.717) is 6.42 Å². The Labute approximate surface area is 234 Å². The Morgan fingerprint density at radius 3 is 2.48 bits per heavy atom. The zero-order valence-electron chi connectivity index (χ0n) is 22.7. The number of unbranched alkanes of at least 4 members (excludes halogenated alkanes) is 1. The topological polar surface area (TPSA) is 51.2 Å². The van der Waals surface area contributed by atoms with Crippen molar-refractivity contribution in [2.45, 2.75) is 44.6 Å². The molecule has 1 aliphatic carbocycles. The number of hydrogen-bond acceptors (Lipinski definition) is 4. The smallest absolute Gasteiger partial charge is 0.162 e. The maximum atomic E-state index is 14.1. The zero-order chi connectivity index (χ0) is 27.1. The summed E-state index contributed by atoms with van der Waals surface area (Å²) in [6, 6.07) is 33.2. The van der Waals surface area contributed by atoms with Crippen LogP contribution in [0.25, 0.3) is 27.2 Å². The number of anilines is 1. The maximum Gasteiger partial charge on any atom is 0.162 e. The Bertz CT molecular complexity index is 1770. The van der Waals surface area contributed by atoms with Crippen LogP contribution in [0.1, 0.15) is 61.4 Å². The summed E-state index contributed by atoms with van der Waals surface area (Å²) in [6.45, 7) is 2.90. The molecular weight excluding hydrogens is 492 g/mol. The number of para-hydroxylation sites is 1. The molecule has 2 heterocycles. The second kappa shape index (κ2) is 10.3. The summed E-state index contributed by atoms with van der Waals surface area (Å²) in [5.74, 6) is 1.20. The van der Waals surface area contributed by atoms with Crippen molar-refractivity contribution in [3.8, 4) is 5.75 Å². The molecule has 0 unspecified atom stereocenters. The summed E-state index contributed by atoms with van der Waals surface area (Å²) in [6.07, 6.45) is 3.45. The fraction of sp³-hybridized carbons (Fsp3) is 0.222. The van der Waals surface area contributed by atoms with Gasteiger partial charge in [-0.2, -0.15) is 0 Å². The molecule has 0 radical (unpaired) electrons. The summed E-state index contributed by atoms with van der Waals surface area (Å²) >= 11 is 0. The summed E-state index contributed by atoms with van der Waals surface area (Å²) < 4.78 is 5.89. The third-order valence-electron chi connectivity index (χ3n) is 8.36. The lowest BCUT2D eigenvalue weighted by Crippen LogP contribution is -2.30. The first kappa shape index (κ1) is 24.6. The summed E-state index contributed by atoms with van der Waals surface area (Å²) in [7, 11) is 0. The van der Waals surface area contributed by atoms with E-state index in [0.717, 1.165) is 70.6 Å². The first-order chi connectivity index (χ1) is 19.7. The average molecular weight is 525 g/mol. The predicted molar refractivity (Wildman–Crippen MR) is 163 cm³/mol. The Hall–Kier alpha value is -4.44. The largest absolute Gasteiger partial charge is 0.494 e. The SMILES string of the molecule is CCCCOc1ccc([C@H]2CC(=O)C3=C(C2)c2c(ccc4ccccc24)N[C@H]3c2ccc3ccccc3n2)cc1. The highest BCUT2D eigenvalue weighted by atomic mass is 16.5. The highest BCUT2D eigenvalue weighted by Gasteiger charge is 2.39. The van der Waals surface area contributed by atoms with Gasteiger partial charge < -0.3 is 10.1 Å². The minimum absolute atomic E-state index is 0.117. The van der Waals surface area contributed by atoms with Crippen LogP contribution < -0.4 is 10.1 Å². The number of benzene rings is 4. The van der Waals surface area contributed by atoms with Crippen molar-refractivity contribution in [3.05, 3.63) is 119 Å². The van der Waals surface area contributed by atoms with Gasteiger partial charge in [-0.15, -0.1) is 0 Å². The Balaban J connectivity index is 1.33. The number of pyridine rings is 1. The number of hydrogen-bond donors (Lipinski definition) is 1. The molecule has 1 aliphatic heterocycles. The van der Waals surface area contributed by atoms with E-state index in [9.17, 15) is 4.79 Å². The summed E-state index contributed by atoms with van der Waals surface area (Å²) in [5.41, 5.74) is 7.23. The molecular formula is C36H32N2O2. The van der Waals surface area contributed by atoms with E-state index in [-0.39, 0.29) is 17.7 Å². The van der Waals surface area contributed by atoms with Crippen LogP contribution in [0.4, 0.5) is 5.69 Å². The highest BCUT2D eigenvalue weighted by Crippen LogP contribution is 2.50. The van der Waals surface area contributed by atoms with E-state index in [1.807, 2.05) is 30.3 Å².